The Morgan fingerprint density at radius 1 is 0.800 bits per heavy atom. The molecule has 0 fully saturated rings. The lowest BCUT2D eigenvalue weighted by molar-refractivity contribution is 0.0986. The Balaban J connectivity index is 2.27. The third-order valence-corrected chi connectivity index (χ3v) is 7.16. The van der Waals surface area contributed by atoms with Crippen LogP contribution < -0.4 is 10.6 Å². The topological polar surface area (TPSA) is 128 Å². The number of carbonyl (C=O) groups is 3. The molecule has 0 spiro atoms. The van der Waals surface area contributed by atoms with E-state index in [-0.39, 0.29) is 27.4 Å². The number of amides is 2. The van der Waals surface area contributed by atoms with Gasteiger partial charge in [0.1, 0.15) is 0 Å². The van der Waals surface area contributed by atoms with Crippen LogP contribution in [-0.4, -0.2) is 40.6 Å². The predicted octanol–water partition coefficient (Wildman–Crippen LogP) is 4.75. The molecule has 0 radical (unpaired) electrons. The summed E-state index contributed by atoms with van der Waals surface area (Å²) in [5.41, 5.74) is 1.12. The van der Waals surface area contributed by atoms with Gasteiger partial charge in [0.15, 0.2) is 20.9 Å². The highest BCUT2D eigenvalue weighted by Crippen LogP contribution is 2.38. The number of ketones is 1. The van der Waals surface area contributed by atoms with E-state index in [1.54, 1.807) is 30.3 Å². The molecule has 35 heavy (non-hydrogen) atoms. The molecule has 0 aromatic heterocycles. The summed E-state index contributed by atoms with van der Waals surface area (Å²) in [5, 5.41) is 3.15. The van der Waals surface area contributed by atoms with Gasteiger partial charge in [-0.3, -0.25) is 15.4 Å². The highest BCUT2D eigenvalue weighted by molar-refractivity contribution is 7.92. The number of rotatable bonds is 7. The summed E-state index contributed by atoms with van der Waals surface area (Å²) in [6.45, 7) is 1.81. The second-order valence-electron chi connectivity index (χ2n) is 7.50. The van der Waals surface area contributed by atoms with Gasteiger partial charge in [-0.25, -0.2) is 18.0 Å². The fraction of sp³-hybridized carbons (Fsp3) is 0.160. The van der Waals surface area contributed by atoms with E-state index in [0.717, 1.165) is 12.7 Å². The summed E-state index contributed by atoms with van der Waals surface area (Å²) in [6.07, 6.45) is -1.66. The zero-order valence-corrected chi connectivity index (χ0v) is 20.1. The van der Waals surface area contributed by atoms with Crippen molar-refractivity contribution < 1.29 is 32.3 Å². The van der Waals surface area contributed by atoms with Gasteiger partial charge in [0.25, 0.3) is 0 Å². The van der Waals surface area contributed by atoms with E-state index in [0.29, 0.717) is 0 Å². The monoisotopic (exact) mass is 496 g/mol. The minimum Gasteiger partial charge on any atom is -0.453 e. The molecule has 1 atom stereocenters. The second kappa shape index (κ2) is 10.8. The molecule has 10 heteroatoms. The highest BCUT2D eigenvalue weighted by Gasteiger charge is 2.38. The molecule has 0 saturated carbocycles. The fourth-order valence-corrected chi connectivity index (χ4v) is 5.10. The molecule has 1 unspecified atom stereocenters. The first kappa shape index (κ1) is 25.4. The molecule has 182 valence electrons. The number of methoxy groups -OCH3 is 2. The second-order valence-corrected chi connectivity index (χ2v) is 9.54. The van der Waals surface area contributed by atoms with E-state index in [2.05, 4.69) is 20.1 Å². The smallest absolute Gasteiger partial charge is 0.411 e. The molecular weight excluding hydrogens is 472 g/mol. The third kappa shape index (κ3) is 5.85. The van der Waals surface area contributed by atoms with E-state index in [1.165, 1.54) is 49.6 Å². The van der Waals surface area contributed by atoms with Crippen LogP contribution in [0.1, 0.15) is 26.7 Å². The maximum Gasteiger partial charge on any atom is 0.411 e. The molecule has 0 bridgehead atoms. The van der Waals surface area contributed by atoms with E-state index in [9.17, 15) is 22.8 Å². The number of benzene rings is 3. The quantitative estimate of drug-likeness (QED) is 0.452. The number of sulfone groups is 1. The number of aryl methyl sites for hydroxylation is 1. The summed E-state index contributed by atoms with van der Waals surface area (Å²) in [4.78, 5) is 37.4. The van der Waals surface area contributed by atoms with Gasteiger partial charge in [0, 0.05) is 22.5 Å². The van der Waals surface area contributed by atoms with Crippen molar-refractivity contribution in [1.29, 1.82) is 0 Å². The Labute approximate surface area is 203 Å². The lowest BCUT2D eigenvalue weighted by Crippen LogP contribution is -2.25. The predicted molar refractivity (Wildman–Crippen MR) is 130 cm³/mol. The van der Waals surface area contributed by atoms with Gasteiger partial charge < -0.3 is 9.47 Å². The molecule has 2 N–H and O–H groups in total. The number of ether oxygens (including phenoxy) is 2. The fourth-order valence-electron chi connectivity index (χ4n) is 3.37. The van der Waals surface area contributed by atoms with Gasteiger partial charge in [-0.1, -0.05) is 48.0 Å². The van der Waals surface area contributed by atoms with Crippen molar-refractivity contribution in [1.82, 2.24) is 0 Å². The zero-order chi connectivity index (χ0) is 25.6. The lowest BCUT2D eigenvalue weighted by atomic mass is 10.00. The maximum absolute atomic E-state index is 13.9. The van der Waals surface area contributed by atoms with Crippen molar-refractivity contribution in [3.63, 3.8) is 0 Å². The first-order chi connectivity index (χ1) is 16.7. The minimum atomic E-state index is -4.32. The zero-order valence-electron chi connectivity index (χ0n) is 19.3. The largest absolute Gasteiger partial charge is 0.453 e. The van der Waals surface area contributed by atoms with E-state index >= 15 is 0 Å². The first-order valence-electron chi connectivity index (χ1n) is 10.4. The van der Waals surface area contributed by atoms with Crippen molar-refractivity contribution in [2.24, 2.45) is 0 Å². The highest BCUT2D eigenvalue weighted by atomic mass is 32.2. The van der Waals surface area contributed by atoms with Crippen LogP contribution in [0.3, 0.4) is 0 Å². The third-order valence-electron chi connectivity index (χ3n) is 5.14. The molecule has 3 aromatic rings. The number of anilines is 2. The van der Waals surface area contributed by atoms with Crippen LogP contribution in [0.25, 0.3) is 0 Å². The van der Waals surface area contributed by atoms with E-state index in [1.807, 2.05) is 6.92 Å². The van der Waals surface area contributed by atoms with Crippen molar-refractivity contribution in [3.05, 3.63) is 89.5 Å². The van der Waals surface area contributed by atoms with E-state index in [4.69, 9.17) is 0 Å². The van der Waals surface area contributed by atoms with Gasteiger partial charge in [0.05, 0.1) is 19.1 Å². The Morgan fingerprint density at radius 2 is 1.40 bits per heavy atom. The summed E-state index contributed by atoms with van der Waals surface area (Å²) in [5.74, 6) is -0.714. The van der Waals surface area contributed by atoms with Crippen LogP contribution in [-0.2, 0) is 19.3 Å². The number of hydrogen-bond acceptors (Lipinski definition) is 7. The summed E-state index contributed by atoms with van der Waals surface area (Å²) in [6, 6.07) is 18.1. The Kier molecular flexibility index (Phi) is 7.87. The first-order valence-corrected chi connectivity index (χ1v) is 12.0. The van der Waals surface area contributed by atoms with Gasteiger partial charge in [0.2, 0.25) is 0 Å². The van der Waals surface area contributed by atoms with Crippen LogP contribution in [0, 0.1) is 6.92 Å². The molecule has 3 aromatic carbocycles. The van der Waals surface area contributed by atoms with Crippen LogP contribution >= 0.6 is 0 Å². The molecule has 0 aliphatic heterocycles. The number of hydrogen-bond donors (Lipinski definition) is 2. The van der Waals surface area contributed by atoms with Crippen molar-refractivity contribution in [2.45, 2.75) is 17.1 Å². The number of Topliss-reactive ketones (excluding diaryl/α,β-unsaturated/α-hetero) is 1. The molecule has 0 aliphatic carbocycles. The molecular formula is C25H24N2O7S. The van der Waals surface area contributed by atoms with Gasteiger partial charge in [-0.05, 0) is 37.3 Å². The Morgan fingerprint density at radius 3 is 2.00 bits per heavy atom. The summed E-state index contributed by atoms with van der Waals surface area (Å²) < 4.78 is 37.0. The number of carbonyl (C=O) groups excluding carboxylic acids is 3. The Hall–Kier alpha value is -4.18. The maximum atomic E-state index is 13.9. The van der Waals surface area contributed by atoms with Crippen LogP contribution in [0.5, 0.6) is 0 Å². The number of nitrogens with one attached hydrogen (secondary N) is 2. The van der Waals surface area contributed by atoms with Crippen LogP contribution in [0.4, 0.5) is 21.0 Å². The average Bonchev–Trinajstić information content (AvgIpc) is 2.86. The molecule has 3 rings (SSSR count). The molecule has 0 saturated heterocycles. The van der Waals surface area contributed by atoms with Gasteiger partial charge >= 0.3 is 12.2 Å². The average molecular weight is 497 g/mol. The molecule has 0 heterocycles. The lowest BCUT2D eigenvalue weighted by Gasteiger charge is -2.21. The van der Waals surface area contributed by atoms with Crippen molar-refractivity contribution in [2.75, 3.05) is 24.9 Å². The van der Waals surface area contributed by atoms with Gasteiger partial charge in [-0.2, -0.15) is 0 Å². The summed E-state index contributed by atoms with van der Waals surface area (Å²) in [7, 11) is -2.00. The van der Waals surface area contributed by atoms with Gasteiger partial charge in [-0.15, -0.1) is 0 Å². The van der Waals surface area contributed by atoms with Crippen molar-refractivity contribution in [3.8, 4) is 0 Å². The van der Waals surface area contributed by atoms with Crippen molar-refractivity contribution >= 4 is 39.2 Å². The molecule has 9 nitrogen and oxygen atoms in total. The molecule has 0 aliphatic rings. The summed E-state index contributed by atoms with van der Waals surface area (Å²) >= 11 is 0. The molecule has 2 amide bonds. The Bertz CT molecular complexity index is 1340. The van der Waals surface area contributed by atoms with Crippen LogP contribution in [0.2, 0.25) is 0 Å². The SMILES string of the molecule is COC(=O)Nc1ccc(NC(=O)OC)c(C(C(=O)c2ccccc2)S(=O)(=O)c2ccc(C)cc2)c1. The van der Waals surface area contributed by atoms with Crippen LogP contribution in [0.15, 0.2) is 77.7 Å². The standard InChI is InChI=1S/C25H24N2O7S/c1-16-9-12-19(13-10-16)35(31,32)23(22(28)17-7-5-4-6-8-17)20-15-18(26-24(29)33-2)11-14-21(20)27-25(30)34-3/h4-15,23H,1-3H3,(H,26,29)(H,27,30). The normalized spacial score (nSPS) is 11.7. The minimum absolute atomic E-state index is 0.0252. The van der Waals surface area contributed by atoms with E-state index < -0.39 is 33.1 Å².